The number of amides is 1. The first-order valence-corrected chi connectivity index (χ1v) is 12.5. The number of carbonyl (C=O) groups excluding carboxylic acids is 1. The Morgan fingerprint density at radius 2 is 1.94 bits per heavy atom. The van der Waals surface area contributed by atoms with Gasteiger partial charge in [0.1, 0.15) is 16.7 Å². The number of halogens is 2. The molecule has 1 amide bonds. The van der Waals surface area contributed by atoms with Crippen LogP contribution in [-0.2, 0) is 11.4 Å². The molecule has 1 aliphatic heterocycles. The van der Waals surface area contributed by atoms with Gasteiger partial charge in [-0.25, -0.2) is 4.39 Å². The molecule has 1 heterocycles. The first-order chi connectivity index (χ1) is 15.5. The number of rotatable bonds is 6. The van der Waals surface area contributed by atoms with Crippen LogP contribution in [0.3, 0.4) is 0 Å². The lowest BCUT2D eigenvalue weighted by molar-refractivity contribution is -0.124. The molecule has 2 fully saturated rings. The summed E-state index contributed by atoms with van der Waals surface area (Å²) in [6.45, 7) is 0.272. The van der Waals surface area contributed by atoms with E-state index in [4.69, 9.17) is 21.7 Å². The van der Waals surface area contributed by atoms with E-state index in [1.807, 2.05) is 18.2 Å². The lowest BCUT2D eigenvalue weighted by atomic mass is 9.94. The number of thioether (sulfide) groups is 1. The molecule has 32 heavy (non-hydrogen) atoms. The van der Waals surface area contributed by atoms with Crippen LogP contribution in [0.25, 0.3) is 6.08 Å². The van der Waals surface area contributed by atoms with Gasteiger partial charge in [-0.15, -0.1) is 0 Å². The summed E-state index contributed by atoms with van der Waals surface area (Å²) >= 11 is 10.4. The van der Waals surface area contributed by atoms with E-state index in [1.54, 1.807) is 24.1 Å². The highest BCUT2D eigenvalue weighted by Crippen LogP contribution is 2.41. The van der Waals surface area contributed by atoms with Gasteiger partial charge in [0.05, 0.1) is 16.5 Å². The van der Waals surface area contributed by atoms with Crippen molar-refractivity contribution in [3.63, 3.8) is 0 Å². The normalized spacial score (nSPS) is 18.5. The fourth-order valence-corrected chi connectivity index (χ4v) is 5.96. The summed E-state index contributed by atoms with van der Waals surface area (Å²) in [5.41, 5.74) is 1.66. The fourth-order valence-electron chi connectivity index (χ4n) is 3.98. The fraction of sp³-hybridized carbons (Fsp3) is 0.333. The van der Waals surface area contributed by atoms with Gasteiger partial charge in [0.15, 0.2) is 11.5 Å². The Morgan fingerprint density at radius 3 is 2.62 bits per heavy atom. The molecule has 8 heteroatoms. The highest BCUT2D eigenvalue weighted by molar-refractivity contribution is 9.10. The van der Waals surface area contributed by atoms with Gasteiger partial charge in [-0.2, -0.15) is 0 Å². The van der Waals surface area contributed by atoms with E-state index >= 15 is 0 Å². The van der Waals surface area contributed by atoms with E-state index < -0.39 is 0 Å². The van der Waals surface area contributed by atoms with Crippen molar-refractivity contribution >= 4 is 56.2 Å². The minimum absolute atomic E-state index is 0.0152. The quantitative estimate of drug-likeness (QED) is 0.303. The van der Waals surface area contributed by atoms with Crippen LogP contribution in [0.15, 0.2) is 45.8 Å². The van der Waals surface area contributed by atoms with Crippen LogP contribution in [0.4, 0.5) is 4.39 Å². The number of ether oxygens (including phenoxy) is 2. The summed E-state index contributed by atoms with van der Waals surface area (Å²) in [6, 6.07) is 10.1. The number of benzene rings is 2. The molecule has 1 saturated carbocycles. The Balaban J connectivity index is 1.53. The van der Waals surface area contributed by atoms with Crippen LogP contribution in [0.1, 0.15) is 43.2 Å². The molecule has 0 spiro atoms. The van der Waals surface area contributed by atoms with E-state index in [2.05, 4.69) is 15.9 Å². The van der Waals surface area contributed by atoms with Gasteiger partial charge >= 0.3 is 0 Å². The van der Waals surface area contributed by atoms with E-state index in [0.29, 0.717) is 25.2 Å². The summed E-state index contributed by atoms with van der Waals surface area (Å²) in [7, 11) is 1.57. The van der Waals surface area contributed by atoms with Crippen LogP contribution >= 0.6 is 39.9 Å². The van der Waals surface area contributed by atoms with Crippen molar-refractivity contribution in [3.8, 4) is 11.5 Å². The van der Waals surface area contributed by atoms with Crippen molar-refractivity contribution in [2.45, 2.75) is 44.8 Å². The van der Waals surface area contributed by atoms with Crippen molar-refractivity contribution in [2.24, 2.45) is 0 Å². The SMILES string of the molecule is COc1cc(/C=C2\SC(=S)N(C3CCCCC3)C2=O)cc(Br)c1OCc1ccc(F)cc1. The maximum Gasteiger partial charge on any atom is 0.266 e. The van der Waals surface area contributed by atoms with Crippen molar-refractivity contribution in [2.75, 3.05) is 7.11 Å². The van der Waals surface area contributed by atoms with Crippen LogP contribution < -0.4 is 9.47 Å². The molecule has 4 nitrogen and oxygen atoms in total. The highest BCUT2D eigenvalue weighted by Gasteiger charge is 2.37. The Bertz CT molecular complexity index is 1050. The van der Waals surface area contributed by atoms with E-state index in [1.165, 1.54) is 30.3 Å². The number of methoxy groups -OCH3 is 1. The van der Waals surface area contributed by atoms with Crippen molar-refractivity contribution in [1.29, 1.82) is 0 Å². The highest BCUT2D eigenvalue weighted by atomic mass is 79.9. The number of nitrogens with zero attached hydrogens (tertiary/aromatic N) is 1. The van der Waals surface area contributed by atoms with Gasteiger partial charge in [-0.05, 0) is 70.2 Å². The van der Waals surface area contributed by atoms with Gasteiger partial charge in [-0.3, -0.25) is 9.69 Å². The number of hydrogen-bond donors (Lipinski definition) is 0. The minimum Gasteiger partial charge on any atom is -0.493 e. The monoisotopic (exact) mass is 535 g/mol. The first-order valence-electron chi connectivity index (χ1n) is 10.5. The Kier molecular flexibility index (Phi) is 7.53. The number of hydrogen-bond acceptors (Lipinski definition) is 5. The van der Waals surface area contributed by atoms with E-state index in [-0.39, 0.29) is 24.4 Å². The minimum atomic E-state index is -0.286. The van der Waals surface area contributed by atoms with Crippen molar-refractivity contribution < 1.29 is 18.7 Å². The average molecular weight is 536 g/mol. The molecule has 4 rings (SSSR count). The van der Waals surface area contributed by atoms with Crippen LogP contribution in [0.5, 0.6) is 11.5 Å². The molecule has 1 aliphatic carbocycles. The molecule has 0 N–H and O–H groups in total. The maximum absolute atomic E-state index is 13.1. The smallest absolute Gasteiger partial charge is 0.266 e. The van der Waals surface area contributed by atoms with Gasteiger partial charge < -0.3 is 9.47 Å². The summed E-state index contributed by atoms with van der Waals surface area (Å²) in [4.78, 5) is 15.5. The standard InChI is InChI=1S/C24H23BrFNO3S2/c1-29-20-12-16(11-19(25)22(20)30-14-15-7-9-17(26)10-8-15)13-21-23(28)27(24(31)32-21)18-5-3-2-4-6-18/h7-13,18H,2-6,14H2,1H3/b21-13-. The summed E-state index contributed by atoms with van der Waals surface area (Å²) in [5.74, 6) is 0.781. The average Bonchev–Trinajstić information content (AvgIpc) is 3.07. The Labute approximate surface area is 205 Å². The first kappa shape index (κ1) is 23.3. The molecule has 2 aromatic rings. The predicted octanol–water partition coefficient (Wildman–Crippen LogP) is 6.71. The molecule has 2 aliphatic rings. The second-order valence-corrected chi connectivity index (χ2v) is 10.3. The van der Waals surface area contributed by atoms with E-state index in [9.17, 15) is 9.18 Å². The number of thiocarbonyl (C=S) groups is 1. The van der Waals surface area contributed by atoms with Gasteiger partial charge in [0.2, 0.25) is 0 Å². The van der Waals surface area contributed by atoms with Crippen molar-refractivity contribution in [3.05, 3.63) is 62.7 Å². The Hall–Kier alpha value is -1.90. The summed E-state index contributed by atoms with van der Waals surface area (Å²) in [5, 5.41) is 0. The summed E-state index contributed by atoms with van der Waals surface area (Å²) in [6.07, 6.45) is 7.39. The largest absolute Gasteiger partial charge is 0.493 e. The molecule has 1 saturated heterocycles. The second-order valence-electron chi connectivity index (χ2n) is 7.79. The van der Waals surface area contributed by atoms with Crippen LogP contribution in [0.2, 0.25) is 0 Å². The zero-order valence-corrected chi connectivity index (χ0v) is 20.8. The lowest BCUT2D eigenvalue weighted by Gasteiger charge is -2.29. The molecule has 0 unspecified atom stereocenters. The molecule has 0 bridgehead atoms. The van der Waals surface area contributed by atoms with Crippen molar-refractivity contribution in [1.82, 2.24) is 4.90 Å². The van der Waals surface area contributed by atoms with Crippen LogP contribution in [0, 0.1) is 5.82 Å². The van der Waals surface area contributed by atoms with E-state index in [0.717, 1.165) is 36.8 Å². The molecule has 0 aromatic heterocycles. The summed E-state index contributed by atoms with van der Waals surface area (Å²) < 4.78 is 25.9. The molecule has 2 aromatic carbocycles. The lowest BCUT2D eigenvalue weighted by Crippen LogP contribution is -2.39. The van der Waals surface area contributed by atoms with Gasteiger partial charge in [0.25, 0.3) is 5.91 Å². The molecule has 168 valence electrons. The number of carbonyl (C=O) groups is 1. The maximum atomic E-state index is 13.1. The third kappa shape index (κ3) is 5.18. The molecular weight excluding hydrogens is 513 g/mol. The molecule has 0 atom stereocenters. The van der Waals surface area contributed by atoms with Gasteiger partial charge in [-0.1, -0.05) is 55.4 Å². The van der Waals surface area contributed by atoms with Gasteiger partial charge in [0, 0.05) is 6.04 Å². The topological polar surface area (TPSA) is 38.8 Å². The Morgan fingerprint density at radius 1 is 1.22 bits per heavy atom. The molecule has 0 radical (unpaired) electrons. The van der Waals surface area contributed by atoms with Crippen LogP contribution in [-0.4, -0.2) is 28.3 Å². The predicted molar refractivity (Wildman–Crippen MR) is 133 cm³/mol. The second kappa shape index (κ2) is 10.4. The third-order valence-electron chi connectivity index (χ3n) is 5.61. The zero-order chi connectivity index (χ0) is 22.7. The third-order valence-corrected chi connectivity index (χ3v) is 7.53. The molecular formula is C24H23BrFNO3S2. The zero-order valence-electron chi connectivity index (χ0n) is 17.6.